The molecular weight excluding hydrogens is 260 g/mol. The first-order valence-corrected chi connectivity index (χ1v) is 6.80. The first kappa shape index (κ1) is 16.2. The molecule has 0 saturated heterocycles. The van der Waals surface area contributed by atoms with Crippen LogP contribution in [-0.2, 0) is 16.0 Å². The van der Waals surface area contributed by atoms with Gasteiger partial charge in [-0.1, -0.05) is 12.1 Å². The number of nitrogens with one attached hydrogen (secondary N) is 1. The van der Waals surface area contributed by atoms with Crippen LogP contribution in [0.15, 0.2) is 4.52 Å². The number of aryl methyl sites for hydroxylation is 2. The Bertz CT molecular complexity index is 448. The quantitative estimate of drug-likeness (QED) is 0.759. The molecule has 0 aliphatic rings. The minimum absolute atomic E-state index is 0.0650. The number of carboxylic acid groups (broad SMARTS) is 1. The maximum Gasteiger partial charge on any atom is 0.303 e. The number of hydrogen-bond acceptors (Lipinski definition) is 4. The van der Waals surface area contributed by atoms with Crippen LogP contribution in [0.4, 0.5) is 0 Å². The molecule has 0 aliphatic carbocycles. The van der Waals surface area contributed by atoms with Crippen LogP contribution in [0.25, 0.3) is 0 Å². The molecule has 2 N–H and O–H groups in total. The molecule has 112 valence electrons. The zero-order valence-corrected chi connectivity index (χ0v) is 12.2. The van der Waals surface area contributed by atoms with E-state index in [1.54, 1.807) is 6.92 Å². The van der Waals surface area contributed by atoms with Crippen molar-refractivity contribution in [3.8, 4) is 0 Å². The first-order valence-electron chi connectivity index (χ1n) is 6.80. The Kier molecular flexibility index (Phi) is 6.21. The Balaban J connectivity index is 2.25. The number of carboxylic acids is 1. The summed E-state index contributed by atoms with van der Waals surface area (Å²) in [6.07, 6.45) is 1.86. The van der Waals surface area contributed by atoms with Gasteiger partial charge >= 0.3 is 5.97 Å². The molecular formula is C14H22N2O4. The van der Waals surface area contributed by atoms with E-state index >= 15 is 0 Å². The Morgan fingerprint density at radius 3 is 2.60 bits per heavy atom. The maximum absolute atomic E-state index is 11.8. The van der Waals surface area contributed by atoms with E-state index in [0.717, 1.165) is 17.7 Å². The molecule has 1 aromatic rings. The molecule has 6 nitrogen and oxygen atoms in total. The molecule has 0 aromatic carbocycles. The van der Waals surface area contributed by atoms with Crippen molar-refractivity contribution in [2.24, 2.45) is 5.92 Å². The number of aromatic nitrogens is 1. The van der Waals surface area contributed by atoms with Crippen LogP contribution in [0.3, 0.4) is 0 Å². The number of amides is 1. The zero-order chi connectivity index (χ0) is 15.1. The van der Waals surface area contributed by atoms with Gasteiger partial charge in [0.2, 0.25) is 5.91 Å². The Morgan fingerprint density at radius 1 is 1.35 bits per heavy atom. The lowest BCUT2D eigenvalue weighted by atomic mass is 10.0. The van der Waals surface area contributed by atoms with Crippen molar-refractivity contribution in [1.29, 1.82) is 0 Å². The van der Waals surface area contributed by atoms with Gasteiger partial charge in [0.25, 0.3) is 0 Å². The van der Waals surface area contributed by atoms with Crippen molar-refractivity contribution in [3.63, 3.8) is 0 Å². The topological polar surface area (TPSA) is 92.4 Å². The van der Waals surface area contributed by atoms with Crippen LogP contribution in [0.2, 0.25) is 0 Å². The zero-order valence-electron chi connectivity index (χ0n) is 12.2. The van der Waals surface area contributed by atoms with Crippen LogP contribution in [0.1, 0.15) is 43.2 Å². The predicted octanol–water partition coefficient (Wildman–Crippen LogP) is 1.84. The largest absolute Gasteiger partial charge is 0.481 e. The summed E-state index contributed by atoms with van der Waals surface area (Å²) in [5.41, 5.74) is 1.58. The van der Waals surface area contributed by atoms with Gasteiger partial charge in [-0.15, -0.1) is 0 Å². The highest BCUT2D eigenvalue weighted by Crippen LogP contribution is 2.13. The van der Waals surface area contributed by atoms with Crippen molar-refractivity contribution >= 4 is 11.9 Å². The Hall–Kier alpha value is -1.85. The van der Waals surface area contributed by atoms with Crippen molar-refractivity contribution in [3.05, 3.63) is 17.0 Å². The average molecular weight is 282 g/mol. The molecule has 0 saturated carbocycles. The molecule has 20 heavy (non-hydrogen) atoms. The Labute approximate surface area is 118 Å². The maximum atomic E-state index is 11.8. The van der Waals surface area contributed by atoms with E-state index in [0.29, 0.717) is 18.7 Å². The third-order valence-corrected chi connectivity index (χ3v) is 3.33. The number of rotatable bonds is 8. The molecule has 1 amide bonds. The van der Waals surface area contributed by atoms with E-state index in [1.807, 2.05) is 13.8 Å². The molecule has 0 bridgehead atoms. The predicted molar refractivity (Wildman–Crippen MR) is 73.3 cm³/mol. The van der Waals surface area contributed by atoms with E-state index in [4.69, 9.17) is 9.63 Å². The van der Waals surface area contributed by atoms with E-state index < -0.39 is 5.97 Å². The smallest absolute Gasteiger partial charge is 0.303 e. The van der Waals surface area contributed by atoms with Crippen LogP contribution >= 0.6 is 0 Å². The molecule has 1 unspecified atom stereocenters. The lowest BCUT2D eigenvalue weighted by Crippen LogP contribution is -2.27. The van der Waals surface area contributed by atoms with Gasteiger partial charge in [-0.2, -0.15) is 0 Å². The minimum Gasteiger partial charge on any atom is -0.481 e. The van der Waals surface area contributed by atoms with E-state index in [1.165, 1.54) is 0 Å². The third kappa shape index (κ3) is 5.42. The van der Waals surface area contributed by atoms with Crippen molar-refractivity contribution in [1.82, 2.24) is 10.5 Å². The summed E-state index contributed by atoms with van der Waals surface area (Å²) in [6.45, 7) is 6.15. The molecule has 0 fully saturated rings. The highest BCUT2D eigenvalue weighted by molar-refractivity contribution is 5.78. The van der Waals surface area contributed by atoms with Crippen LogP contribution < -0.4 is 5.32 Å². The van der Waals surface area contributed by atoms with E-state index in [-0.39, 0.29) is 24.7 Å². The van der Waals surface area contributed by atoms with Gasteiger partial charge in [0, 0.05) is 18.5 Å². The third-order valence-electron chi connectivity index (χ3n) is 3.33. The number of carbonyl (C=O) groups excluding carboxylic acids is 1. The molecule has 0 aliphatic heterocycles. The van der Waals surface area contributed by atoms with Crippen LogP contribution in [0, 0.1) is 19.8 Å². The van der Waals surface area contributed by atoms with Gasteiger partial charge in [0.15, 0.2) is 0 Å². The molecule has 1 aromatic heterocycles. The van der Waals surface area contributed by atoms with Crippen molar-refractivity contribution in [2.75, 3.05) is 6.54 Å². The number of carbonyl (C=O) groups is 2. The van der Waals surface area contributed by atoms with Gasteiger partial charge in [-0.05, 0) is 32.6 Å². The molecule has 0 radical (unpaired) electrons. The van der Waals surface area contributed by atoms with Crippen LogP contribution in [-0.4, -0.2) is 28.7 Å². The summed E-state index contributed by atoms with van der Waals surface area (Å²) >= 11 is 0. The summed E-state index contributed by atoms with van der Waals surface area (Å²) in [7, 11) is 0. The second-order valence-electron chi connectivity index (χ2n) is 5.16. The molecule has 0 spiro atoms. The highest BCUT2D eigenvalue weighted by Gasteiger charge is 2.13. The SMILES string of the molecule is Cc1noc(C)c1CC(=O)NCCC(C)CCC(=O)O. The number of hydrogen-bond donors (Lipinski definition) is 2. The lowest BCUT2D eigenvalue weighted by molar-refractivity contribution is -0.137. The Morgan fingerprint density at radius 2 is 2.05 bits per heavy atom. The monoisotopic (exact) mass is 282 g/mol. The van der Waals surface area contributed by atoms with E-state index in [9.17, 15) is 9.59 Å². The van der Waals surface area contributed by atoms with E-state index in [2.05, 4.69) is 10.5 Å². The molecule has 1 rings (SSSR count). The second kappa shape index (κ2) is 7.67. The average Bonchev–Trinajstić information content (AvgIpc) is 2.68. The van der Waals surface area contributed by atoms with Gasteiger partial charge in [0.1, 0.15) is 5.76 Å². The molecule has 1 atom stereocenters. The van der Waals surface area contributed by atoms with Gasteiger partial charge in [-0.25, -0.2) is 0 Å². The fourth-order valence-corrected chi connectivity index (χ4v) is 1.95. The van der Waals surface area contributed by atoms with Gasteiger partial charge in [-0.3, -0.25) is 9.59 Å². The number of nitrogens with zero attached hydrogens (tertiary/aromatic N) is 1. The normalized spacial score (nSPS) is 12.2. The molecule has 6 heteroatoms. The van der Waals surface area contributed by atoms with Crippen molar-refractivity contribution in [2.45, 2.75) is 46.5 Å². The van der Waals surface area contributed by atoms with Gasteiger partial charge in [0.05, 0.1) is 12.1 Å². The van der Waals surface area contributed by atoms with Crippen LogP contribution in [0.5, 0.6) is 0 Å². The van der Waals surface area contributed by atoms with Crippen molar-refractivity contribution < 1.29 is 19.2 Å². The fourth-order valence-electron chi connectivity index (χ4n) is 1.95. The highest BCUT2D eigenvalue weighted by atomic mass is 16.5. The summed E-state index contributed by atoms with van der Waals surface area (Å²) in [6, 6.07) is 0. The van der Waals surface area contributed by atoms with Gasteiger partial charge < -0.3 is 14.9 Å². The summed E-state index contributed by atoms with van der Waals surface area (Å²) in [5.74, 6) is 0.113. The summed E-state index contributed by atoms with van der Waals surface area (Å²) < 4.78 is 5.01. The summed E-state index contributed by atoms with van der Waals surface area (Å²) in [5, 5.41) is 15.2. The lowest BCUT2D eigenvalue weighted by Gasteiger charge is -2.10. The number of aliphatic carboxylic acids is 1. The fraction of sp³-hybridized carbons (Fsp3) is 0.643. The standard InChI is InChI=1S/C14H22N2O4/c1-9(4-5-14(18)19)6-7-15-13(17)8-12-10(2)16-20-11(12)3/h9H,4-8H2,1-3H3,(H,15,17)(H,18,19). The second-order valence-corrected chi connectivity index (χ2v) is 5.16. The summed E-state index contributed by atoms with van der Waals surface area (Å²) in [4.78, 5) is 22.2. The molecule has 1 heterocycles. The first-order chi connectivity index (χ1) is 9.40. The minimum atomic E-state index is -0.778.